The van der Waals surface area contributed by atoms with Crippen LogP contribution in [0.4, 0.5) is 11.4 Å². The summed E-state index contributed by atoms with van der Waals surface area (Å²) in [5.41, 5.74) is 9.55. The minimum Gasteiger partial charge on any atom is -0.497 e. The van der Waals surface area contributed by atoms with Crippen molar-refractivity contribution in [2.24, 2.45) is 0 Å². The Morgan fingerprint density at radius 1 is 1.06 bits per heavy atom. The molecule has 0 saturated heterocycles. The maximum atomic E-state index is 13.5. The minimum atomic E-state index is -0.274. The van der Waals surface area contributed by atoms with Gasteiger partial charge in [0.15, 0.2) is 0 Å². The number of carbonyl (C=O) groups is 1. The Labute approximate surface area is 214 Å². The van der Waals surface area contributed by atoms with Crippen LogP contribution in [0.1, 0.15) is 66.4 Å². The van der Waals surface area contributed by atoms with Gasteiger partial charge in [-0.3, -0.25) is 15.2 Å². The van der Waals surface area contributed by atoms with Gasteiger partial charge < -0.3 is 19.5 Å². The van der Waals surface area contributed by atoms with E-state index in [2.05, 4.69) is 57.0 Å². The van der Waals surface area contributed by atoms with Gasteiger partial charge in [-0.25, -0.2) is 0 Å². The summed E-state index contributed by atoms with van der Waals surface area (Å²) in [6.07, 6.45) is 2.98. The Hall–Kier alpha value is -3.39. The number of carbonyl (C=O) groups excluding carboxylic acids is 1. The largest absolute Gasteiger partial charge is 0.497 e. The zero-order valence-corrected chi connectivity index (χ0v) is 22.7. The molecule has 1 aliphatic rings. The Morgan fingerprint density at radius 2 is 1.78 bits per heavy atom. The minimum absolute atomic E-state index is 0.0757. The smallest absolute Gasteiger partial charge is 0.275 e. The van der Waals surface area contributed by atoms with Gasteiger partial charge in [-0.05, 0) is 55.0 Å². The topological polar surface area (TPSA) is 84.1 Å². The van der Waals surface area contributed by atoms with Crippen molar-refractivity contribution >= 4 is 17.3 Å². The number of benzene rings is 2. The first kappa shape index (κ1) is 27.2. The number of methoxy groups -OCH3 is 2. The van der Waals surface area contributed by atoms with E-state index in [1.165, 1.54) is 0 Å². The van der Waals surface area contributed by atoms with Gasteiger partial charge >= 0.3 is 0 Å². The first-order chi connectivity index (χ1) is 17.1. The zero-order valence-electron chi connectivity index (χ0n) is 22.7. The monoisotopic (exact) mass is 496 g/mol. The molecule has 1 aliphatic heterocycles. The summed E-state index contributed by atoms with van der Waals surface area (Å²) in [6, 6.07) is 11.5. The molecule has 1 atom stereocenters. The van der Waals surface area contributed by atoms with Crippen molar-refractivity contribution in [2.45, 2.75) is 72.3 Å². The molecule has 1 heterocycles. The molecule has 8 nitrogen and oxygen atoms in total. The van der Waals surface area contributed by atoms with E-state index >= 15 is 0 Å². The first-order valence-corrected chi connectivity index (χ1v) is 12.5. The summed E-state index contributed by atoms with van der Waals surface area (Å²) < 4.78 is 17.2. The molecule has 1 unspecified atom stereocenters. The Kier molecular flexibility index (Phi) is 8.74. The summed E-state index contributed by atoms with van der Waals surface area (Å²) in [4.78, 5) is 13.5. The summed E-state index contributed by atoms with van der Waals surface area (Å²) in [6.45, 7) is 12.6. The molecular formula is C28H40N4O4. The van der Waals surface area contributed by atoms with Crippen LogP contribution in [0.15, 0.2) is 47.8 Å². The Morgan fingerprint density at radius 3 is 2.39 bits per heavy atom. The number of rotatable bonds is 10. The summed E-state index contributed by atoms with van der Waals surface area (Å²) in [5, 5.41) is 4.84. The van der Waals surface area contributed by atoms with Crippen molar-refractivity contribution < 1.29 is 19.0 Å². The van der Waals surface area contributed by atoms with Crippen LogP contribution in [0.5, 0.6) is 17.2 Å². The highest BCUT2D eigenvalue weighted by atomic mass is 16.5. The van der Waals surface area contributed by atoms with E-state index in [-0.39, 0.29) is 17.4 Å². The highest BCUT2D eigenvalue weighted by Gasteiger charge is 2.28. The van der Waals surface area contributed by atoms with Crippen LogP contribution in [0.25, 0.3) is 0 Å². The van der Waals surface area contributed by atoms with Gasteiger partial charge in [0.2, 0.25) is 0 Å². The summed E-state index contributed by atoms with van der Waals surface area (Å²) >= 11 is 0. The van der Waals surface area contributed by atoms with Crippen LogP contribution >= 0.6 is 0 Å². The SMILES string of the molecule is CCCC(CC)Oc1ccc(C(C)(C)C)cc1NC(=O)C1=C(C)N(c2cc(OC)ccc2OC)NN1. The lowest BCUT2D eigenvalue weighted by atomic mass is 9.87. The molecule has 3 rings (SSSR count). The van der Waals surface area contributed by atoms with E-state index in [1.807, 2.05) is 37.3 Å². The Bertz CT molecular complexity index is 1110. The van der Waals surface area contributed by atoms with Gasteiger partial charge in [0.05, 0.1) is 31.7 Å². The third-order valence-electron chi connectivity index (χ3n) is 6.30. The van der Waals surface area contributed by atoms with Gasteiger partial charge in [-0.1, -0.05) is 47.1 Å². The van der Waals surface area contributed by atoms with Gasteiger partial charge in [0.1, 0.15) is 28.6 Å². The normalized spacial score (nSPS) is 14.4. The number of hydrogen-bond donors (Lipinski definition) is 3. The molecule has 2 aromatic rings. The number of anilines is 2. The lowest BCUT2D eigenvalue weighted by Crippen LogP contribution is -2.39. The highest BCUT2D eigenvalue weighted by Crippen LogP contribution is 2.36. The lowest BCUT2D eigenvalue weighted by Gasteiger charge is -2.24. The number of allylic oxidation sites excluding steroid dienone is 1. The predicted molar refractivity (Wildman–Crippen MR) is 144 cm³/mol. The fourth-order valence-corrected chi connectivity index (χ4v) is 4.06. The molecule has 196 valence electrons. The average Bonchev–Trinajstić information content (AvgIpc) is 3.24. The first-order valence-electron chi connectivity index (χ1n) is 12.5. The number of nitrogens with one attached hydrogen (secondary N) is 3. The van der Waals surface area contributed by atoms with Crippen molar-refractivity contribution in [3.8, 4) is 17.2 Å². The zero-order chi connectivity index (χ0) is 26.5. The molecule has 0 fully saturated rings. The molecular weight excluding hydrogens is 456 g/mol. The van der Waals surface area contributed by atoms with Gasteiger partial charge in [-0.2, -0.15) is 0 Å². The van der Waals surface area contributed by atoms with Crippen molar-refractivity contribution in [1.82, 2.24) is 11.0 Å². The van der Waals surface area contributed by atoms with Crippen molar-refractivity contribution in [3.05, 3.63) is 53.4 Å². The fraction of sp³-hybridized carbons (Fsp3) is 0.464. The van der Waals surface area contributed by atoms with E-state index in [0.717, 1.165) is 24.8 Å². The summed E-state index contributed by atoms with van der Waals surface area (Å²) in [7, 11) is 3.21. The van der Waals surface area contributed by atoms with E-state index in [4.69, 9.17) is 14.2 Å². The lowest BCUT2D eigenvalue weighted by molar-refractivity contribution is -0.113. The van der Waals surface area contributed by atoms with Crippen molar-refractivity contribution in [2.75, 3.05) is 24.5 Å². The van der Waals surface area contributed by atoms with E-state index in [1.54, 1.807) is 19.2 Å². The van der Waals surface area contributed by atoms with Gasteiger partial charge in [0, 0.05) is 6.07 Å². The molecule has 0 radical (unpaired) electrons. The molecule has 1 amide bonds. The molecule has 0 spiro atoms. The number of amides is 1. The molecule has 3 N–H and O–H groups in total. The van der Waals surface area contributed by atoms with Crippen LogP contribution in [-0.2, 0) is 10.2 Å². The van der Waals surface area contributed by atoms with E-state index in [0.29, 0.717) is 40.0 Å². The van der Waals surface area contributed by atoms with Crippen molar-refractivity contribution in [1.29, 1.82) is 0 Å². The second-order valence-corrected chi connectivity index (χ2v) is 9.92. The molecule has 8 heteroatoms. The van der Waals surface area contributed by atoms with E-state index < -0.39 is 0 Å². The third kappa shape index (κ3) is 6.05. The maximum Gasteiger partial charge on any atom is 0.275 e. The van der Waals surface area contributed by atoms with Crippen LogP contribution in [0, 0.1) is 0 Å². The fourth-order valence-electron chi connectivity index (χ4n) is 4.06. The molecule has 0 aromatic heterocycles. The summed E-state index contributed by atoms with van der Waals surface area (Å²) in [5.74, 6) is 1.72. The van der Waals surface area contributed by atoms with Crippen LogP contribution < -0.4 is 35.5 Å². The standard InChI is InChI=1S/C28H40N4O4/c1-9-11-20(10-2)36-24-14-12-19(28(4,5)6)16-22(24)29-27(33)26-18(3)32(31-30-26)23-17-21(34-7)13-15-25(23)35-8/h12-17,20,30-31H,9-11H2,1-8H3,(H,29,33). The van der Waals surface area contributed by atoms with Crippen LogP contribution in [0.3, 0.4) is 0 Å². The number of hydrogen-bond acceptors (Lipinski definition) is 7. The number of nitrogens with zero attached hydrogens (tertiary/aromatic N) is 1. The third-order valence-corrected chi connectivity index (χ3v) is 6.30. The molecule has 0 bridgehead atoms. The second kappa shape index (κ2) is 11.6. The number of ether oxygens (including phenoxy) is 3. The van der Waals surface area contributed by atoms with Crippen molar-refractivity contribution in [3.63, 3.8) is 0 Å². The molecule has 2 aromatic carbocycles. The van der Waals surface area contributed by atoms with E-state index in [9.17, 15) is 4.79 Å². The quantitative estimate of drug-likeness (QED) is 0.391. The van der Waals surface area contributed by atoms with Crippen LogP contribution in [0.2, 0.25) is 0 Å². The van der Waals surface area contributed by atoms with Gasteiger partial charge in [-0.15, -0.1) is 5.53 Å². The van der Waals surface area contributed by atoms with Crippen LogP contribution in [-0.4, -0.2) is 26.2 Å². The van der Waals surface area contributed by atoms with Gasteiger partial charge in [0.25, 0.3) is 5.91 Å². The highest BCUT2D eigenvalue weighted by molar-refractivity contribution is 6.05. The molecule has 36 heavy (non-hydrogen) atoms. The Balaban J connectivity index is 1.93. The average molecular weight is 497 g/mol. The number of hydrazine groups is 2. The predicted octanol–water partition coefficient (Wildman–Crippen LogP) is 5.66. The second-order valence-electron chi connectivity index (χ2n) is 9.92. The maximum absolute atomic E-state index is 13.5. The molecule has 0 aliphatic carbocycles. The molecule has 0 saturated carbocycles.